The summed E-state index contributed by atoms with van der Waals surface area (Å²) in [6, 6.07) is 19.2. The van der Waals surface area contributed by atoms with Gasteiger partial charge in [-0.2, -0.15) is 0 Å². The van der Waals surface area contributed by atoms with Gasteiger partial charge in [-0.3, -0.25) is 0 Å². The van der Waals surface area contributed by atoms with Crippen molar-refractivity contribution in [1.82, 2.24) is 0 Å². The first-order chi connectivity index (χ1) is 10.9. The number of hydrogen-bond acceptors (Lipinski definition) is 2. The highest BCUT2D eigenvalue weighted by Crippen LogP contribution is 2.38. The fourth-order valence-electron chi connectivity index (χ4n) is 2.86. The first-order valence-electron chi connectivity index (χ1n) is 8.37. The summed E-state index contributed by atoms with van der Waals surface area (Å²) in [6.45, 7) is 8.40. The first kappa shape index (κ1) is 16.3. The van der Waals surface area contributed by atoms with Crippen LogP contribution in [0.5, 0.6) is 0 Å². The molecule has 0 atom stereocenters. The Balaban J connectivity index is 1.60. The quantitative estimate of drug-likeness (QED) is 0.741. The van der Waals surface area contributed by atoms with Crippen LogP contribution in [0.25, 0.3) is 11.1 Å². The van der Waals surface area contributed by atoms with Crippen LogP contribution in [0.3, 0.4) is 0 Å². The lowest BCUT2D eigenvalue weighted by Crippen LogP contribution is -2.41. The van der Waals surface area contributed by atoms with Crippen molar-refractivity contribution in [2.75, 3.05) is 0 Å². The van der Waals surface area contributed by atoms with Crippen molar-refractivity contribution in [3.8, 4) is 11.1 Å². The number of rotatable bonds is 4. The van der Waals surface area contributed by atoms with Crippen molar-refractivity contribution in [1.29, 1.82) is 0 Å². The topological polar surface area (TPSA) is 18.5 Å². The van der Waals surface area contributed by atoms with Crippen molar-refractivity contribution in [3.63, 3.8) is 0 Å². The molecule has 0 aliphatic carbocycles. The van der Waals surface area contributed by atoms with Crippen LogP contribution < -0.4 is 0 Å². The van der Waals surface area contributed by atoms with Gasteiger partial charge in [0.25, 0.3) is 0 Å². The Kier molecular flexibility index (Phi) is 4.35. The molecule has 0 bridgehead atoms. The maximum Gasteiger partial charge on any atom is 0.458 e. The van der Waals surface area contributed by atoms with Crippen molar-refractivity contribution < 1.29 is 9.31 Å². The number of aryl methyl sites for hydroxylation is 1. The summed E-state index contributed by atoms with van der Waals surface area (Å²) in [4.78, 5) is 0. The predicted molar refractivity (Wildman–Crippen MR) is 96.5 cm³/mol. The molecule has 1 aliphatic rings. The smallest absolute Gasteiger partial charge is 0.403 e. The zero-order chi connectivity index (χ0) is 16.5. The lowest BCUT2D eigenvalue weighted by atomic mass is 9.81. The second-order valence-corrected chi connectivity index (χ2v) is 7.29. The molecule has 1 heterocycles. The lowest BCUT2D eigenvalue weighted by Gasteiger charge is -2.32. The van der Waals surface area contributed by atoms with Gasteiger partial charge in [0.1, 0.15) is 0 Å². The highest BCUT2D eigenvalue weighted by molar-refractivity contribution is 6.45. The van der Waals surface area contributed by atoms with Crippen molar-refractivity contribution in [2.24, 2.45) is 0 Å². The van der Waals surface area contributed by atoms with Gasteiger partial charge >= 0.3 is 7.12 Å². The predicted octanol–water partition coefficient (Wildman–Crippen LogP) is 4.99. The van der Waals surface area contributed by atoms with Crippen LogP contribution in [0.4, 0.5) is 0 Å². The van der Waals surface area contributed by atoms with Crippen LogP contribution >= 0.6 is 0 Å². The summed E-state index contributed by atoms with van der Waals surface area (Å²) >= 11 is 0. The zero-order valence-electron chi connectivity index (χ0n) is 14.5. The molecular formula is C20H25BO2. The molecule has 23 heavy (non-hydrogen) atoms. The zero-order valence-corrected chi connectivity index (χ0v) is 14.5. The Labute approximate surface area is 140 Å². The normalized spacial score (nSPS) is 19.0. The fraction of sp³-hybridized carbons (Fsp3) is 0.400. The molecule has 1 fully saturated rings. The summed E-state index contributed by atoms with van der Waals surface area (Å²) in [5, 5.41) is 0. The van der Waals surface area contributed by atoms with E-state index in [-0.39, 0.29) is 18.3 Å². The molecule has 0 unspecified atom stereocenters. The molecule has 0 aromatic heterocycles. The molecule has 0 spiro atoms. The van der Waals surface area contributed by atoms with E-state index in [4.69, 9.17) is 9.31 Å². The third-order valence-electron chi connectivity index (χ3n) is 5.03. The van der Waals surface area contributed by atoms with Crippen molar-refractivity contribution in [3.05, 3.63) is 60.2 Å². The molecule has 2 aromatic rings. The monoisotopic (exact) mass is 308 g/mol. The van der Waals surface area contributed by atoms with Gasteiger partial charge in [-0.25, -0.2) is 0 Å². The van der Waals surface area contributed by atoms with Crippen LogP contribution in [-0.4, -0.2) is 18.3 Å². The average Bonchev–Trinajstić information content (AvgIpc) is 2.74. The fourth-order valence-corrected chi connectivity index (χ4v) is 2.86. The van der Waals surface area contributed by atoms with E-state index in [1.165, 1.54) is 16.7 Å². The first-order valence-corrected chi connectivity index (χ1v) is 8.37. The van der Waals surface area contributed by atoms with Gasteiger partial charge in [0, 0.05) is 0 Å². The Bertz CT molecular complexity index is 631. The molecule has 3 heteroatoms. The molecule has 2 nitrogen and oxygen atoms in total. The highest BCUT2D eigenvalue weighted by Gasteiger charge is 2.50. The third-order valence-corrected chi connectivity index (χ3v) is 5.03. The third kappa shape index (κ3) is 3.51. The minimum atomic E-state index is -0.241. The number of hydrogen-bond donors (Lipinski definition) is 0. The molecule has 0 amide bonds. The second kappa shape index (κ2) is 6.14. The SMILES string of the molecule is CC1(C)OB(CCc2ccc(-c3ccccc3)cc2)OC1(C)C. The summed E-state index contributed by atoms with van der Waals surface area (Å²) in [5.41, 5.74) is 3.35. The van der Waals surface area contributed by atoms with E-state index in [0.29, 0.717) is 0 Å². The summed E-state index contributed by atoms with van der Waals surface area (Å²) in [6.07, 6.45) is 1.85. The molecule has 3 rings (SSSR count). The Hall–Kier alpha value is -1.58. The molecule has 2 aromatic carbocycles. The molecule has 1 aliphatic heterocycles. The van der Waals surface area contributed by atoms with E-state index in [9.17, 15) is 0 Å². The Morgan fingerprint density at radius 3 is 1.83 bits per heavy atom. The maximum atomic E-state index is 6.06. The van der Waals surface area contributed by atoms with Crippen LogP contribution in [-0.2, 0) is 15.7 Å². The van der Waals surface area contributed by atoms with Crippen LogP contribution in [0.2, 0.25) is 6.32 Å². The summed E-state index contributed by atoms with van der Waals surface area (Å²) < 4.78 is 12.1. The summed E-state index contributed by atoms with van der Waals surface area (Å²) in [5.74, 6) is 0. The Morgan fingerprint density at radius 1 is 0.739 bits per heavy atom. The average molecular weight is 308 g/mol. The Morgan fingerprint density at radius 2 is 1.26 bits per heavy atom. The molecule has 120 valence electrons. The van der Waals surface area contributed by atoms with Gasteiger partial charge in [0.2, 0.25) is 0 Å². The van der Waals surface area contributed by atoms with Gasteiger partial charge in [0.05, 0.1) is 11.2 Å². The largest absolute Gasteiger partial charge is 0.458 e. The number of benzene rings is 2. The van der Waals surface area contributed by atoms with E-state index in [0.717, 1.165) is 12.7 Å². The van der Waals surface area contributed by atoms with E-state index in [1.807, 2.05) is 6.07 Å². The van der Waals surface area contributed by atoms with E-state index in [2.05, 4.69) is 76.2 Å². The van der Waals surface area contributed by atoms with E-state index < -0.39 is 0 Å². The minimum Gasteiger partial charge on any atom is -0.403 e. The molecule has 0 N–H and O–H groups in total. The maximum absolute atomic E-state index is 6.06. The van der Waals surface area contributed by atoms with Gasteiger partial charge in [-0.15, -0.1) is 0 Å². The highest BCUT2D eigenvalue weighted by atomic mass is 16.7. The molecular weight excluding hydrogens is 283 g/mol. The lowest BCUT2D eigenvalue weighted by molar-refractivity contribution is 0.00578. The van der Waals surface area contributed by atoms with E-state index in [1.54, 1.807) is 0 Å². The van der Waals surface area contributed by atoms with Gasteiger partial charge < -0.3 is 9.31 Å². The van der Waals surface area contributed by atoms with Gasteiger partial charge in [-0.05, 0) is 57.1 Å². The minimum absolute atomic E-state index is 0.117. The standard InChI is InChI=1S/C20H25BO2/c1-19(2)20(3,4)23-21(22-19)15-14-16-10-12-18(13-11-16)17-8-6-5-7-9-17/h5-13H,14-15H2,1-4H3. The molecule has 0 saturated carbocycles. The van der Waals surface area contributed by atoms with Gasteiger partial charge in [-0.1, -0.05) is 54.6 Å². The molecule has 1 saturated heterocycles. The van der Waals surface area contributed by atoms with Crippen molar-refractivity contribution in [2.45, 2.75) is 51.6 Å². The molecule has 0 radical (unpaired) electrons. The van der Waals surface area contributed by atoms with Gasteiger partial charge in [0.15, 0.2) is 0 Å². The van der Waals surface area contributed by atoms with Crippen LogP contribution in [0, 0.1) is 0 Å². The van der Waals surface area contributed by atoms with Crippen LogP contribution in [0.1, 0.15) is 33.3 Å². The van der Waals surface area contributed by atoms with E-state index >= 15 is 0 Å². The summed E-state index contributed by atoms with van der Waals surface area (Å²) in [7, 11) is -0.117. The van der Waals surface area contributed by atoms with Crippen LogP contribution in [0.15, 0.2) is 54.6 Å². The van der Waals surface area contributed by atoms with Crippen molar-refractivity contribution >= 4 is 7.12 Å². The second-order valence-electron chi connectivity index (χ2n) is 7.29.